The molecule has 2 atom stereocenters. The monoisotopic (exact) mass is 383 g/mol. The summed E-state index contributed by atoms with van der Waals surface area (Å²) < 4.78 is 16.0. The zero-order valence-corrected chi connectivity index (χ0v) is 15.2. The van der Waals surface area contributed by atoms with Crippen molar-refractivity contribution in [3.05, 3.63) is 59.7 Å². The second-order valence-corrected chi connectivity index (χ2v) is 6.82. The molecule has 4 rings (SSSR count). The minimum atomic E-state index is -1.05. The first-order valence-electron chi connectivity index (χ1n) is 9.18. The van der Waals surface area contributed by atoms with Crippen molar-refractivity contribution >= 4 is 12.1 Å². The number of benzene rings is 2. The molecule has 1 aliphatic carbocycles. The van der Waals surface area contributed by atoms with E-state index in [1.54, 1.807) is 0 Å². The van der Waals surface area contributed by atoms with Gasteiger partial charge in [-0.3, -0.25) is 0 Å². The van der Waals surface area contributed by atoms with Crippen molar-refractivity contribution in [1.82, 2.24) is 5.32 Å². The van der Waals surface area contributed by atoms with Gasteiger partial charge < -0.3 is 24.6 Å². The van der Waals surface area contributed by atoms with Gasteiger partial charge in [-0.2, -0.15) is 0 Å². The number of carbonyl (C=O) groups excluding carboxylic acids is 1. The first-order valence-corrected chi connectivity index (χ1v) is 9.18. The SMILES string of the molecule is O=C(NC[C@H]1CO[C@H](C(=O)O)CO1)OCC1c2ccccc2-c2ccccc21. The van der Waals surface area contributed by atoms with E-state index in [0.717, 1.165) is 11.1 Å². The average Bonchev–Trinajstić information content (AvgIpc) is 3.05. The number of alkyl carbamates (subject to hydrolysis) is 1. The van der Waals surface area contributed by atoms with Gasteiger partial charge in [-0.25, -0.2) is 9.59 Å². The third-order valence-electron chi connectivity index (χ3n) is 5.06. The van der Waals surface area contributed by atoms with Crippen LogP contribution in [0.1, 0.15) is 17.0 Å². The van der Waals surface area contributed by atoms with Gasteiger partial charge in [0.05, 0.1) is 19.3 Å². The highest BCUT2D eigenvalue weighted by Crippen LogP contribution is 2.44. The van der Waals surface area contributed by atoms with Crippen LogP contribution in [-0.2, 0) is 19.0 Å². The van der Waals surface area contributed by atoms with Crippen LogP contribution in [0, 0.1) is 0 Å². The van der Waals surface area contributed by atoms with E-state index >= 15 is 0 Å². The van der Waals surface area contributed by atoms with E-state index in [1.807, 2.05) is 24.3 Å². The van der Waals surface area contributed by atoms with Crippen molar-refractivity contribution in [2.24, 2.45) is 0 Å². The number of hydrogen-bond donors (Lipinski definition) is 2. The molecular weight excluding hydrogens is 362 g/mol. The molecule has 1 fully saturated rings. The van der Waals surface area contributed by atoms with Gasteiger partial charge in [-0.1, -0.05) is 48.5 Å². The zero-order chi connectivity index (χ0) is 19.5. The number of hydrogen-bond acceptors (Lipinski definition) is 5. The fourth-order valence-corrected chi connectivity index (χ4v) is 3.65. The first-order chi connectivity index (χ1) is 13.6. The molecule has 2 aromatic carbocycles. The zero-order valence-electron chi connectivity index (χ0n) is 15.2. The molecule has 7 heteroatoms. The van der Waals surface area contributed by atoms with Crippen LogP contribution < -0.4 is 5.32 Å². The van der Waals surface area contributed by atoms with E-state index in [2.05, 4.69) is 29.6 Å². The van der Waals surface area contributed by atoms with Crippen LogP contribution in [0.25, 0.3) is 11.1 Å². The summed E-state index contributed by atoms with van der Waals surface area (Å²) in [4.78, 5) is 22.9. The summed E-state index contributed by atoms with van der Waals surface area (Å²) in [6.07, 6.45) is -1.88. The lowest BCUT2D eigenvalue weighted by Gasteiger charge is -2.27. The van der Waals surface area contributed by atoms with Crippen LogP contribution >= 0.6 is 0 Å². The van der Waals surface area contributed by atoms with E-state index in [9.17, 15) is 9.59 Å². The maximum Gasteiger partial charge on any atom is 0.407 e. The van der Waals surface area contributed by atoms with E-state index in [1.165, 1.54) is 11.1 Å². The predicted octanol–water partition coefficient (Wildman–Crippen LogP) is 2.39. The molecular formula is C21H21NO6. The van der Waals surface area contributed by atoms with Crippen LogP contribution in [0.3, 0.4) is 0 Å². The number of ether oxygens (including phenoxy) is 3. The van der Waals surface area contributed by atoms with Crippen molar-refractivity contribution in [2.45, 2.75) is 18.1 Å². The second kappa shape index (κ2) is 8.00. The molecule has 0 aromatic heterocycles. The molecule has 1 saturated heterocycles. The lowest BCUT2D eigenvalue weighted by molar-refractivity contribution is -0.174. The highest BCUT2D eigenvalue weighted by molar-refractivity contribution is 5.79. The molecule has 7 nitrogen and oxygen atoms in total. The molecule has 0 radical (unpaired) electrons. The largest absolute Gasteiger partial charge is 0.479 e. The average molecular weight is 383 g/mol. The van der Waals surface area contributed by atoms with Crippen molar-refractivity contribution in [3.63, 3.8) is 0 Å². The van der Waals surface area contributed by atoms with Crippen molar-refractivity contribution in [1.29, 1.82) is 0 Å². The number of fused-ring (bicyclic) bond motifs is 3. The number of carbonyl (C=O) groups is 2. The van der Waals surface area contributed by atoms with Crippen molar-refractivity contribution in [3.8, 4) is 11.1 Å². The summed E-state index contributed by atoms with van der Waals surface area (Å²) in [6, 6.07) is 16.3. The Kier molecular flexibility index (Phi) is 5.27. The normalized spacial score (nSPS) is 20.9. The van der Waals surface area contributed by atoms with Gasteiger partial charge in [0.25, 0.3) is 0 Å². The fraction of sp³-hybridized carbons (Fsp3) is 0.333. The molecule has 0 spiro atoms. The minimum Gasteiger partial charge on any atom is -0.479 e. The Balaban J connectivity index is 1.30. The molecule has 0 unspecified atom stereocenters. The molecule has 1 heterocycles. The number of carboxylic acids is 1. The molecule has 1 amide bonds. The lowest BCUT2D eigenvalue weighted by atomic mass is 9.98. The molecule has 0 saturated carbocycles. The minimum absolute atomic E-state index is 0.00346. The van der Waals surface area contributed by atoms with Crippen LogP contribution in [0.5, 0.6) is 0 Å². The maximum absolute atomic E-state index is 12.1. The number of amides is 1. The Labute approximate surface area is 162 Å². The highest BCUT2D eigenvalue weighted by Gasteiger charge is 2.30. The Morgan fingerprint density at radius 3 is 2.21 bits per heavy atom. The summed E-state index contributed by atoms with van der Waals surface area (Å²) in [5, 5.41) is 11.5. The fourth-order valence-electron chi connectivity index (χ4n) is 3.65. The molecule has 2 N–H and O–H groups in total. The highest BCUT2D eigenvalue weighted by atomic mass is 16.6. The maximum atomic E-state index is 12.1. The molecule has 146 valence electrons. The third-order valence-corrected chi connectivity index (χ3v) is 5.06. The van der Waals surface area contributed by atoms with Crippen LogP contribution in [0.15, 0.2) is 48.5 Å². The Bertz CT molecular complexity index is 829. The van der Waals surface area contributed by atoms with Gasteiger partial charge in [-0.15, -0.1) is 0 Å². The summed E-state index contributed by atoms with van der Waals surface area (Å²) in [7, 11) is 0. The van der Waals surface area contributed by atoms with Gasteiger partial charge >= 0.3 is 12.1 Å². The predicted molar refractivity (Wildman–Crippen MR) is 100 cm³/mol. The molecule has 2 aromatic rings. The van der Waals surface area contributed by atoms with Gasteiger partial charge in [0, 0.05) is 12.5 Å². The topological polar surface area (TPSA) is 94.1 Å². The third kappa shape index (κ3) is 3.72. The summed E-state index contributed by atoms with van der Waals surface area (Å²) in [5.74, 6) is -1.05. The van der Waals surface area contributed by atoms with Crippen LogP contribution in [0.2, 0.25) is 0 Å². The van der Waals surface area contributed by atoms with Gasteiger partial charge in [0.2, 0.25) is 0 Å². The van der Waals surface area contributed by atoms with Gasteiger partial charge in [0.1, 0.15) is 6.61 Å². The quantitative estimate of drug-likeness (QED) is 0.823. The molecule has 1 aliphatic heterocycles. The van der Waals surface area contributed by atoms with E-state index in [4.69, 9.17) is 19.3 Å². The number of nitrogens with one attached hydrogen (secondary N) is 1. The molecule has 0 bridgehead atoms. The lowest BCUT2D eigenvalue weighted by Crippen LogP contribution is -2.45. The smallest absolute Gasteiger partial charge is 0.407 e. The van der Waals surface area contributed by atoms with E-state index in [0.29, 0.717) is 0 Å². The number of carboxylic acid groups (broad SMARTS) is 1. The van der Waals surface area contributed by atoms with Crippen molar-refractivity contribution in [2.75, 3.05) is 26.4 Å². The van der Waals surface area contributed by atoms with Gasteiger partial charge in [0.15, 0.2) is 6.10 Å². The Morgan fingerprint density at radius 1 is 1.00 bits per heavy atom. The number of rotatable bonds is 5. The molecule has 2 aliphatic rings. The molecule has 28 heavy (non-hydrogen) atoms. The second-order valence-electron chi connectivity index (χ2n) is 6.82. The summed E-state index contributed by atoms with van der Waals surface area (Å²) in [6.45, 7) is 0.513. The van der Waals surface area contributed by atoms with Crippen LogP contribution in [-0.4, -0.2) is 55.7 Å². The van der Waals surface area contributed by atoms with Crippen LogP contribution in [0.4, 0.5) is 4.79 Å². The summed E-state index contributed by atoms with van der Waals surface area (Å²) in [5.41, 5.74) is 4.65. The van der Waals surface area contributed by atoms with E-state index < -0.39 is 24.3 Å². The Hall–Kier alpha value is -2.90. The summed E-state index contributed by atoms with van der Waals surface area (Å²) >= 11 is 0. The van der Waals surface area contributed by atoms with Gasteiger partial charge in [-0.05, 0) is 22.3 Å². The number of aliphatic carboxylic acids is 1. The van der Waals surface area contributed by atoms with E-state index in [-0.39, 0.29) is 32.3 Å². The Morgan fingerprint density at radius 2 is 1.64 bits per heavy atom. The first kappa shape index (κ1) is 18.5. The standard InChI is InChI=1S/C21H21NO6/c23-20(24)19-12-26-13(10-27-19)9-22-21(25)28-11-18-16-7-3-1-5-14(16)15-6-2-4-8-17(15)18/h1-8,13,18-19H,9-12H2,(H,22,25)(H,23,24)/t13-,19-/m0/s1. The van der Waals surface area contributed by atoms with Crippen molar-refractivity contribution < 1.29 is 28.9 Å².